The summed E-state index contributed by atoms with van der Waals surface area (Å²) in [5, 5.41) is 4.74. The fraction of sp³-hybridized carbons (Fsp3) is 0.421. The molecule has 0 atom stereocenters. The molecule has 1 aliphatic heterocycles. The molecule has 0 spiro atoms. The van der Waals surface area contributed by atoms with E-state index in [1.54, 1.807) is 0 Å². The Hall–Kier alpha value is -1.95. The summed E-state index contributed by atoms with van der Waals surface area (Å²) in [5.41, 5.74) is 2.05. The molecule has 1 saturated heterocycles. The molecular weight excluding hydrogens is 382 g/mol. The van der Waals surface area contributed by atoms with Crippen molar-refractivity contribution in [2.75, 3.05) is 5.32 Å². The average molecular weight is 402 g/mol. The fourth-order valence-corrected chi connectivity index (χ4v) is 4.30. The van der Waals surface area contributed by atoms with Crippen LogP contribution in [-0.2, 0) is 9.59 Å². The summed E-state index contributed by atoms with van der Waals surface area (Å²) in [6, 6.07) is 8.53. The third kappa shape index (κ3) is 3.27. The van der Waals surface area contributed by atoms with Gasteiger partial charge in [-0.25, -0.2) is 0 Å². The molecule has 1 N–H and O–H groups in total. The number of fused-ring (bicyclic) bond motifs is 1. The lowest BCUT2D eigenvalue weighted by molar-refractivity contribution is -0.141. The Balaban J connectivity index is 1.45. The van der Waals surface area contributed by atoms with Crippen LogP contribution in [0.5, 0.6) is 0 Å². The number of rotatable bonds is 3. The number of halogens is 1. The first-order valence-corrected chi connectivity index (χ1v) is 9.57. The van der Waals surface area contributed by atoms with Crippen molar-refractivity contribution < 1.29 is 9.59 Å². The number of nitrogens with one attached hydrogen (secondary N) is 1. The molecule has 2 amide bonds. The highest BCUT2D eigenvalue weighted by Crippen LogP contribution is 2.31. The van der Waals surface area contributed by atoms with Gasteiger partial charge in [0.15, 0.2) is 0 Å². The zero-order chi connectivity index (χ0) is 17.4. The van der Waals surface area contributed by atoms with Gasteiger partial charge >= 0.3 is 0 Å². The van der Waals surface area contributed by atoms with Crippen molar-refractivity contribution in [3.05, 3.63) is 34.9 Å². The van der Waals surface area contributed by atoms with Gasteiger partial charge in [0.25, 0.3) is 0 Å². The Kier molecular flexibility index (Phi) is 4.46. The van der Waals surface area contributed by atoms with Gasteiger partial charge in [-0.15, -0.1) is 0 Å². The average Bonchev–Trinajstić information content (AvgIpc) is 2.95. The molecule has 4 rings (SSSR count). The Bertz CT molecular complexity index is 815. The van der Waals surface area contributed by atoms with E-state index in [9.17, 15) is 9.59 Å². The van der Waals surface area contributed by atoms with Crippen molar-refractivity contribution in [1.29, 1.82) is 0 Å². The molecule has 6 heteroatoms. The molecular formula is C19H20BrN3O2. The number of anilines is 1. The monoisotopic (exact) mass is 401 g/mol. The Labute approximate surface area is 154 Å². The Morgan fingerprint density at radius 3 is 2.48 bits per heavy atom. The van der Waals surface area contributed by atoms with Crippen molar-refractivity contribution in [3.8, 4) is 0 Å². The van der Waals surface area contributed by atoms with Crippen molar-refractivity contribution in [2.24, 2.45) is 0 Å². The van der Waals surface area contributed by atoms with E-state index in [1.165, 1.54) is 4.90 Å². The van der Waals surface area contributed by atoms with E-state index in [1.807, 2.05) is 24.4 Å². The predicted molar refractivity (Wildman–Crippen MR) is 100 cm³/mol. The summed E-state index contributed by atoms with van der Waals surface area (Å²) in [6.45, 7) is 0. The smallest absolute Gasteiger partial charge is 0.229 e. The van der Waals surface area contributed by atoms with Gasteiger partial charge in [-0.3, -0.25) is 19.5 Å². The van der Waals surface area contributed by atoms with Crippen LogP contribution in [0.25, 0.3) is 10.9 Å². The van der Waals surface area contributed by atoms with Gasteiger partial charge in [0.2, 0.25) is 11.8 Å². The second-order valence-corrected chi connectivity index (χ2v) is 7.74. The van der Waals surface area contributed by atoms with E-state index >= 15 is 0 Å². The second kappa shape index (κ2) is 6.75. The highest BCUT2D eigenvalue weighted by atomic mass is 79.9. The van der Waals surface area contributed by atoms with Crippen LogP contribution in [0.3, 0.4) is 0 Å². The molecule has 130 valence electrons. The summed E-state index contributed by atoms with van der Waals surface area (Å²) < 4.78 is 1.03. The summed E-state index contributed by atoms with van der Waals surface area (Å²) in [5.74, 6) is 0.0118. The lowest BCUT2D eigenvalue weighted by atomic mass is 9.90. The molecule has 2 aromatic rings. The minimum atomic E-state index is 0.00591. The van der Waals surface area contributed by atoms with Crippen LogP contribution in [0, 0.1) is 0 Å². The largest absolute Gasteiger partial charge is 0.382 e. The van der Waals surface area contributed by atoms with Crippen LogP contribution in [0.1, 0.15) is 38.5 Å². The van der Waals surface area contributed by atoms with Crippen LogP contribution in [0.15, 0.2) is 34.9 Å². The van der Waals surface area contributed by atoms with Crippen molar-refractivity contribution in [1.82, 2.24) is 9.88 Å². The van der Waals surface area contributed by atoms with Gasteiger partial charge in [0, 0.05) is 46.7 Å². The predicted octanol–water partition coefficient (Wildman–Crippen LogP) is 3.87. The molecule has 2 fully saturated rings. The van der Waals surface area contributed by atoms with E-state index in [-0.39, 0.29) is 17.9 Å². The number of nitrogens with zero attached hydrogens (tertiary/aromatic N) is 2. The normalized spacial score (nSPS) is 24.1. The molecule has 25 heavy (non-hydrogen) atoms. The number of hydrogen-bond acceptors (Lipinski definition) is 4. The Morgan fingerprint density at radius 1 is 1.04 bits per heavy atom. The standard InChI is InChI=1S/C19H20BrN3O2/c20-12-1-6-16-15(11-12)17(9-10-21-16)22-13-2-4-14(5-3-13)23-18(24)7-8-19(23)25/h1,6,9-11,13-14H,2-5,7-8H2,(H,21,22). The highest BCUT2D eigenvalue weighted by molar-refractivity contribution is 9.10. The Morgan fingerprint density at radius 2 is 1.76 bits per heavy atom. The molecule has 0 bridgehead atoms. The lowest BCUT2D eigenvalue weighted by Crippen LogP contribution is -2.43. The number of amides is 2. The molecule has 2 heterocycles. The van der Waals surface area contributed by atoms with Crippen LogP contribution in [-0.4, -0.2) is 33.8 Å². The zero-order valence-electron chi connectivity index (χ0n) is 13.9. The van der Waals surface area contributed by atoms with E-state index in [4.69, 9.17) is 0 Å². The number of aromatic nitrogens is 1. The van der Waals surface area contributed by atoms with E-state index in [2.05, 4.69) is 32.3 Å². The number of carbonyl (C=O) groups excluding carboxylic acids is 2. The molecule has 1 saturated carbocycles. The van der Waals surface area contributed by atoms with Gasteiger partial charge in [0.1, 0.15) is 0 Å². The van der Waals surface area contributed by atoms with Crippen molar-refractivity contribution in [2.45, 2.75) is 50.6 Å². The fourth-order valence-electron chi connectivity index (χ4n) is 3.94. The van der Waals surface area contributed by atoms with Gasteiger partial charge < -0.3 is 5.32 Å². The summed E-state index contributed by atoms with van der Waals surface area (Å²) in [4.78, 5) is 29.8. The summed E-state index contributed by atoms with van der Waals surface area (Å²) in [6.07, 6.45) is 6.26. The van der Waals surface area contributed by atoms with E-state index < -0.39 is 0 Å². The van der Waals surface area contributed by atoms with Crippen molar-refractivity contribution in [3.63, 3.8) is 0 Å². The van der Waals surface area contributed by atoms with Crippen LogP contribution >= 0.6 is 15.9 Å². The first-order valence-electron chi connectivity index (χ1n) is 8.77. The number of pyridine rings is 1. The quantitative estimate of drug-likeness (QED) is 0.792. The number of benzene rings is 1. The maximum atomic E-state index is 11.9. The first kappa shape index (κ1) is 16.5. The molecule has 5 nitrogen and oxygen atoms in total. The van der Waals surface area contributed by atoms with Crippen LogP contribution in [0.4, 0.5) is 5.69 Å². The van der Waals surface area contributed by atoms with Gasteiger partial charge in [-0.2, -0.15) is 0 Å². The van der Waals surface area contributed by atoms with Crippen LogP contribution < -0.4 is 5.32 Å². The maximum Gasteiger partial charge on any atom is 0.229 e. The third-order valence-corrected chi connectivity index (χ3v) is 5.71. The number of imide groups is 1. The molecule has 0 unspecified atom stereocenters. The summed E-state index contributed by atoms with van der Waals surface area (Å²) >= 11 is 3.52. The third-order valence-electron chi connectivity index (χ3n) is 5.22. The molecule has 1 aliphatic carbocycles. The second-order valence-electron chi connectivity index (χ2n) is 6.83. The van der Waals surface area contributed by atoms with Crippen molar-refractivity contribution >= 4 is 44.3 Å². The number of hydrogen-bond donors (Lipinski definition) is 1. The lowest BCUT2D eigenvalue weighted by Gasteiger charge is -2.34. The SMILES string of the molecule is O=C1CCC(=O)N1C1CCC(Nc2ccnc3ccc(Br)cc23)CC1. The molecule has 1 aromatic heterocycles. The highest BCUT2D eigenvalue weighted by Gasteiger charge is 2.36. The maximum absolute atomic E-state index is 11.9. The van der Waals surface area contributed by atoms with Gasteiger partial charge in [-0.1, -0.05) is 15.9 Å². The summed E-state index contributed by atoms with van der Waals surface area (Å²) in [7, 11) is 0. The number of likely N-dealkylation sites (tertiary alicyclic amines) is 1. The molecule has 2 aliphatic rings. The topological polar surface area (TPSA) is 62.3 Å². The minimum Gasteiger partial charge on any atom is -0.382 e. The minimum absolute atomic E-state index is 0.00591. The van der Waals surface area contributed by atoms with Gasteiger partial charge in [0.05, 0.1) is 5.52 Å². The van der Waals surface area contributed by atoms with Gasteiger partial charge in [-0.05, 0) is 49.9 Å². The van der Waals surface area contributed by atoms with E-state index in [0.717, 1.165) is 46.7 Å². The number of carbonyl (C=O) groups is 2. The van der Waals surface area contributed by atoms with E-state index in [0.29, 0.717) is 18.9 Å². The van der Waals surface area contributed by atoms with Crippen LogP contribution in [0.2, 0.25) is 0 Å². The zero-order valence-corrected chi connectivity index (χ0v) is 15.5. The molecule has 1 aromatic carbocycles. The first-order chi connectivity index (χ1) is 12.1. The molecule has 0 radical (unpaired) electrons.